The topological polar surface area (TPSA) is 44.9 Å². The number of fused-ring (bicyclic) bond motifs is 1. The molecular weight excluding hydrogens is 232 g/mol. The highest BCUT2D eigenvalue weighted by atomic mass is 32.2. The minimum absolute atomic E-state index is 0.000325. The Hall–Kier alpha value is -1.26. The van der Waals surface area contributed by atoms with Gasteiger partial charge in [0.25, 0.3) is 5.56 Å². The molecule has 0 fully saturated rings. The normalized spacial score (nSPS) is 10.9. The lowest BCUT2D eigenvalue weighted by Crippen LogP contribution is -2.22. The Kier molecular flexibility index (Phi) is 4.23. The number of rotatable bonds is 5. The van der Waals surface area contributed by atoms with Gasteiger partial charge in [0.2, 0.25) is 0 Å². The van der Waals surface area contributed by atoms with E-state index in [1.165, 1.54) is 0 Å². The maximum absolute atomic E-state index is 11.8. The zero-order valence-electron chi connectivity index (χ0n) is 9.82. The van der Waals surface area contributed by atoms with E-state index in [0.29, 0.717) is 6.54 Å². The number of nitrogens with one attached hydrogen (secondary N) is 2. The molecule has 0 atom stereocenters. The molecule has 4 heteroatoms. The zero-order valence-corrected chi connectivity index (χ0v) is 10.6. The van der Waals surface area contributed by atoms with Crippen LogP contribution < -0.4 is 10.9 Å². The zero-order chi connectivity index (χ0) is 12.1. The average molecular weight is 248 g/mol. The van der Waals surface area contributed by atoms with E-state index >= 15 is 0 Å². The standard InChI is InChI=1S/C13H16N2OS/c1-17-7-6-14-9-11-8-10-4-2-3-5-12(10)15-13(11)16/h2-5,8,14H,6-7,9H2,1H3,(H,15,16). The summed E-state index contributed by atoms with van der Waals surface area (Å²) < 4.78 is 0. The molecule has 0 radical (unpaired) electrons. The van der Waals surface area contributed by atoms with Crippen molar-refractivity contribution in [2.45, 2.75) is 6.54 Å². The van der Waals surface area contributed by atoms with E-state index in [4.69, 9.17) is 0 Å². The molecule has 90 valence electrons. The van der Waals surface area contributed by atoms with Gasteiger partial charge in [-0.05, 0) is 23.8 Å². The smallest absolute Gasteiger partial charge is 0.252 e. The Labute approximate surface area is 105 Å². The first-order chi connectivity index (χ1) is 8.31. The number of hydrogen-bond donors (Lipinski definition) is 2. The van der Waals surface area contributed by atoms with Crippen LogP contribution in [0.5, 0.6) is 0 Å². The van der Waals surface area contributed by atoms with Crippen molar-refractivity contribution in [1.82, 2.24) is 10.3 Å². The van der Waals surface area contributed by atoms with Crippen LogP contribution in [-0.2, 0) is 6.54 Å². The van der Waals surface area contributed by atoms with Crippen molar-refractivity contribution >= 4 is 22.7 Å². The molecule has 0 bridgehead atoms. The molecule has 1 aromatic carbocycles. The molecule has 2 N–H and O–H groups in total. The third-order valence-corrected chi connectivity index (χ3v) is 3.24. The molecule has 0 saturated carbocycles. The predicted octanol–water partition coefficient (Wildman–Crippen LogP) is 1.98. The Morgan fingerprint density at radius 2 is 2.18 bits per heavy atom. The van der Waals surface area contributed by atoms with Gasteiger partial charge in [0, 0.05) is 29.9 Å². The van der Waals surface area contributed by atoms with Crippen molar-refractivity contribution in [3.63, 3.8) is 0 Å². The minimum atomic E-state index is 0.000325. The fraction of sp³-hybridized carbons (Fsp3) is 0.308. The summed E-state index contributed by atoms with van der Waals surface area (Å²) in [5, 5.41) is 4.34. The lowest BCUT2D eigenvalue weighted by Gasteiger charge is -2.04. The van der Waals surface area contributed by atoms with Crippen molar-refractivity contribution in [1.29, 1.82) is 0 Å². The highest BCUT2D eigenvalue weighted by molar-refractivity contribution is 7.98. The summed E-state index contributed by atoms with van der Waals surface area (Å²) in [6.07, 6.45) is 2.07. The second-order valence-electron chi connectivity index (χ2n) is 3.88. The van der Waals surface area contributed by atoms with Gasteiger partial charge < -0.3 is 10.3 Å². The van der Waals surface area contributed by atoms with E-state index in [1.807, 2.05) is 30.3 Å². The molecule has 17 heavy (non-hydrogen) atoms. The summed E-state index contributed by atoms with van der Waals surface area (Å²) >= 11 is 1.80. The molecule has 0 saturated heterocycles. The number of thioether (sulfide) groups is 1. The monoisotopic (exact) mass is 248 g/mol. The fourth-order valence-corrected chi connectivity index (χ4v) is 2.07. The van der Waals surface area contributed by atoms with E-state index in [2.05, 4.69) is 16.6 Å². The van der Waals surface area contributed by atoms with Gasteiger partial charge in [0.1, 0.15) is 0 Å². The number of para-hydroxylation sites is 1. The summed E-state index contributed by atoms with van der Waals surface area (Å²) in [7, 11) is 0. The van der Waals surface area contributed by atoms with Crippen LogP contribution in [0.2, 0.25) is 0 Å². The molecule has 0 aliphatic heterocycles. The summed E-state index contributed by atoms with van der Waals surface area (Å²) in [6.45, 7) is 1.55. The minimum Gasteiger partial charge on any atom is -0.322 e. The van der Waals surface area contributed by atoms with E-state index in [-0.39, 0.29) is 5.56 Å². The van der Waals surface area contributed by atoms with Gasteiger partial charge in [-0.1, -0.05) is 18.2 Å². The first kappa shape index (κ1) is 12.2. The van der Waals surface area contributed by atoms with Crippen LogP contribution in [0, 0.1) is 0 Å². The number of aromatic nitrogens is 1. The average Bonchev–Trinajstić information content (AvgIpc) is 2.35. The lowest BCUT2D eigenvalue weighted by molar-refractivity contribution is 0.726. The molecule has 0 spiro atoms. The van der Waals surface area contributed by atoms with E-state index in [0.717, 1.165) is 28.8 Å². The summed E-state index contributed by atoms with van der Waals surface area (Å²) in [6, 6.07) is 9.79. The number of hydrogen-bond acceptors (Lipinski definition) is 3. The SMILES string of the molecule is CSCCNCc1cc2ccccc2[nH]c1=O. The van der Waals surface area contributed by atoms with Crippen LogP contribution in [0.3, 0.4) is 0 Å². The molecule has 1 heterocycles. The van der Waals surface area contributed by atoms with Gasteiger partial charge in [0.05, 0.1) is 0 Å². The summed E-state index contributed by atoms with van der Waals surface area (Å²) in [4.78, 5) is 14.7. The Morgan fingerprint density at radius 1 is 1.35 bits per heavy atom. The fourth-order valence-electron chi connectivity index (χ4n) is 1.72. The van der Waals surface area contributed by atoms with Crippen LogP contribution in [0.1, 0.15) is 5.56 Å². The van der Waals surface area contributed by atoms with Gasteiger partial charge >= 0.3 is 0 Å². The first-order valence-electron chi connectivity index (χ1n) is 5.62. The van der Waals surface area contributed by atoms with Crippen molar-refractivity contribution in [2.24, 2.45) is 0 Å². The Balaban J connectivity index is 2.17. The molecule has 2 rings (SSSR count). The van der Waals surface area contributed by atoms with E-state index in [1.54, 1.807) is 11.8 Å². The Morgan fingerprint density at radius 3 is 3.00 bits per heavy atom. The second kappa shape index (κ2) is 5.89. The first-order valence-corrected chi connectivity index (χ1v) is 7.01. The lowest BCUT2D eigenvalue weighted by atomic mass is 10.1. The molecule has 0 aliphatic carbocycles. The van der Waals surface area contributed by atoms with Crippen LogP contribution in [0.25, 0.3) is 10.9 Å². The maximum Gasteiger partial charge on any atom is 0.252 e. The second-order valence-corrected chi connectivity index (χ2v) is 4.87. The number of pyridine rings is 1. The van der Waals surface area contributed by atoms with Gasteiger partial charge in [0.15, 0.2) is 0 Å². The molecule has 0 amide bonds. The third-order valence-electron chi connectivity index (χ3n) is 2.63. The predicted molar refractivity (Wildman–Crippen MR) is 74.7 cm³/mol. The number of benzene rings is 1. The largest absolute Gasteiger partial charge is 0.322 e. The van der Waals surface area contributed by atoms with Gasteiger partial charge in [-0.25, -0.2) is 0 Å². The summed E-state index contributed by atoms with van der Waals surface area (Å²) in [5.74, 6) is 1.06. The maximum atomic E-state index is 11.8. The van der Waals surface area contributed by atoms with Crippen molar-refractivity contribution < 1.29 is 0 Å². The van der Waals surface area contributed by atoms with Crippen molar-refractivity contribution in [2.75, 3.05) is 18.6 Å². The van der Waals surface area contributed by atoms with E-state index in [9.17, 15) is 4.79 Å². The van der Waals surface area contributed by atoms with Gasteiger partial charge in [-0.3, -0.25) is 4.79 Å². The molecule has 1 aromatic heterocycles. The number of aromatic amines is 1. The highest BCUT2D eigenvalue weighted by Crippen LogP contribution is 2.09. The van der Waals surface area contributed by atoms with Gasteiger partial charge in [-0.2, -0.15) is 11.8 Å². The van der Waals surface area contributed by atoms with Crippen molar-refractivity contribution in [3.8, 4) is 0 Å². The molecule has 2 aromatic rings. The van der Waals surface area contributed by atoms with Crippen LogP contribution in [-0.4, -0.2) is 23.5 Å². The number of H-pyrrole nitrogens is 1. The Bertz CT molecular complexity index is 550. The van der Waals surface area contributed by atoms with Crippen LogP contribution in [0.4, 0.5) is 0 Å². The highest BCUT2D eigenvalue weighted by Gasteiger charge is 2.01. The van der Waals surface area contributed by atoms with Gasteiger partial charge in [-0.15, -0.1) is 0 Å². The van der Waals surface area contributed by atoms with E-state index < -0.39 is 0 Å². The molecular formula is C13H16N2OS. The molecule has 0 unspecified atom stereocenters. The quantitative estimate of drug-likeness (QED) is 0.795. The van der Waals surface area contributed by atoms with Crippen LogP contribution >= 0.6 is 11.8 Å². The van der Waals surface area contributed by atoms with Crippen molar-refractivity contribution in [3.05, 3.63) is 46.2 Å². The molecule has 3 nitrogen and oxygen atoms in total. The third kappa shape index (κ3) is 3.11. The molecule has 0 aliphatic rings. The van der Waals surface area contributed by atoms with Crippen LogP contribution in [0.15, 0.2) is 35.1 Å². The summed E-state index contributed by atoms with van der Waals surface area (Å²) in [5.41, 5.74) is 1.69.